The van der Waals surface area contributed by atoms with Crippen LogP contribution in [0.4, 0.5) is 0 Å². The van der Waals surface area contributed by atoms with Gasteiger partial charge < -0.3 is 5.32 Å². The summed E-state index contributed by atoms with van der Waals surface area (Å²) < 4.78 is 3.80. The molecular weight excluding hydrogens is 278 g/mol. The van der Waals surface area contributed by atoms with Gasteiger partial charge in [-0.25, -0.2) is 0 Å². The summed E-state index contributed by atoms with van der Waals surface area (Å²) in [5, 5.41) is 16.5. The van der Waals surface area contributed by atoms with Crippen molar-refractivity contribution in [3.63, 3.8) is 0 Å². The lowest BCUT2D eigenvalue weighted by Crippen LogP contribution is -2.25. The van der Waals surface area contributed by atoms with E-state index in [-0.39, 0.29) is 0 Å². The highest BCUT2D eigenvalue weighted by molar-refractivity contribution is 5.59. The van der Waals surface area contributed by atoms with Crippen LogP contribution in [0.3, 0.4) is 0 Å². The summed E-state index contributed by atoms with van der Waals surface area (Å²) >= 11 is 0. The maximum absolute atomic E-state index is 4.81. The number of pyridine rings is 1. The number of nitrogens with zero attached hydrogens (tertiary/aromatic N) is 6. The minimum atomic E-state index is 0.755. The van der Waals surface area contributed by atoms with Crippen LogP contribution in [0.5, 0.6) is 0 Å². The largest absolute Gasteiger partial charge is 0.312 e. The van der Waals surface area contributed by atoms with Gasteiger partial charge in [-0.05, 0) is 17.7 Å². The van der Waals surface area contributed by atoms with E-state index in [0.717, 1.165) is 37.4 Å². The van der Waals surface area contributed by atoms with Gasteiger partial charge in [-0.15, -0.1) is 5.10 Å². The molecule has 1 aliphatic heterocycles. The molecule has 0 bridgehead atoms. The van der Waals surface area contributed by atoms with Gasteiger partial charge in [0.15, 0.2) is 0 Å². The minimum Gasteiger partial charge on any atom is -0.312 e. The third kappa shape index (κ3) is 2.29. The summed E-state index contributed by atoms with van der Waals surface area (Å²) in [6.07, 6.45) is 6.52. The molecule has 7 nitrogen and oxygen atoms in total. The van der Waals surface area contributed by atoms with Crippen LogP contribution in [0.2, 0.25) is 0 Å². The van der Waals surface area contributed by atoms with Gasteiger partial charge in [-0.1, -0.05) is 5.21 Å². The quantitative estimate of drug-likeness (QED) is 0.772. The van der Waals surface area contributed by atoms with Gasteiger partial charge in [0.1, 0.15) is 11.4 Å². The fourth-order valence-corrected chi connectivity index (χ4v) is 2.87. The lowest BCUT2D eigenvalue weighted by atomic mass is 10.1. The van der Waals surface area contributed by atoms with Crippen molar-refractivity contribution < 1.29 is 0 Å². The summed E-state index contributed by atoms with van der Waals surface area (Å²) in [5.41, 5.74) is 5.49. The first-order valence-electron chi connectivity index (χ1n) is 7.36. The van der Waals surface area contributed by atoms with Crippen LogP contribution < -0.4 is 5.32 Å². The molecular formula is C15H17N7. The summed E-state index contributed by atoms with van der Waals surface area (Å²) in [7, 11) is 1.87. The summed E-state index contributed by atoms with van der Waals surface area (Å²) in [6, 6.07) is 4.05. The monoisotopic (exact) mass is 295 g/mol. The molecule has 0 aromatic carbocycles. The van der Waals surface area contributed by atoms with Crippen LogP contribution in [-0.4, -0.2) is 36.3 Å². The van der Waals surface area contributed by atoms with E-state index in [1.54, 1.807) is 4.68 Å². The lowest BCUT2D eigenvalue weighted by molar-refractivity contribution is 0.582. The smallest absolute Gasteiger partial charge is 0.133 e. The summed E-state index contributed by atoms with van der Waals surface area (Å²) in [6.45, 7) is 2.57. The van der Waals surface area contributed by atoms with E-state index < -0.39 is 0 Å². The molecule has 3 aromatic rings. The second-order valence-corrected chi connectivity index (χ2v) is 5.49. The van der Waals surface area contributed by atoms with E-state index in [0.29, 0.717) is 0 Å². The number of aromatic nitrogens is 6. The fourth-order valence-electron chi connectivity index (χ4n) is 2.87. The molecule has 4 heterocycles. The molecule has 7 heteroatoms. The minimum absolute atomic E-state index is 0.755. The van der Waals surface area contributed by atoms with Crippen LogP contribution in [0, 0.1) is 0 Å². The first kappa shape index (κ1) is 13.1. The van der Waals surface area contributed by atoms with Crippen LogP contribution in [0.15, 0.2) is 30.7 Å². The second-order valence-electron chi connectivity index (χ2n) is 5.49. The van der Waals surface area contributed by atoms with Gasteiger partial charge in [-0.2, -0.15) is 5.10 Å². The van der Waals surface area contributed by atoms with Gasteiger partial charge in [0.25, 0.3) is 0 Å². The van der Waals surface area contributed by atoms with Gasteiger partial charge in [0, 0.05) is 50.2 Å². The predicted octanol–water partition coefficient (Wildman–Crippen LogP) is 0.768. The Bertz CT molecular complexity index is 788. The number of hydrogen-bond acceptors (Lipinski definition) is 5. The van der Waals surface area contributed by atoms with Gasteiger partial charge in [0.2, 0.25) is 0 Å². The van der Waals surface area contributed by atoms with Crippen LogP contribution in [-0.2, 0) is 26.6 Å². The average molecular weight is 295 g/mol. The zero-order chi connectivity index (χ0) is 14.9. The van der Waals surface area contributed by atoms with Gasteiger partial charge in [0.05, 0.1) is 12.7 Å². The number of nitrogens with one attached hydrogen (secondary N) is 1. The van der Waals surface area contributed by atoms with E-state index >= 15 is 0 Å². The van der Waals surface area contributed by atoms with E-state index in [1.165, 1.54) is 16.8 Å². The molecule has 22 heavy (non-hydrogen) atoms. The molecule has 4 rings (SSSR count). The third-order valence-electron chi connectivity index (χ3n) is 3.93. The standard InChI is InChI=1S/C15H17N7/c1-21-10-13(18-20-21)15-12-8-17-7-4-14(12)22(19-15)9-11-2-5-16-6-3-11/h2-3,5-6,10,17H,4,7-9H2,1H3. The topological polar surface area (TPSA) is 73.5 Å². The number of rotatable bonds is 3. The Hall–Kier alpha value is -2.54. The van der Waals surface area contributed by atoms with Crippen molar-refractivity contribution in [3.8, 4) is 11.4 Å². The molecule has 112 valence electrons. The van der Waals surface area contributed by atoms with Crippen LogP contribution in [0.25, 0.3) is 11.4 Å². The van der Waals surface area contributed by atoms with E-state index in [4.69, 9.17) is 5.10 Å². The maximum Gasteiger partial charge on any atom is 0.133 e. The Morgan fingerprint density at radius 3 is 2.91 bits per heavy atom. The van der Waals surface area contributed by atoms with Gasteiger partial charge in [-0.3, -0.25) is 14.3 Å². The molecule has 1 N–H and O–H groups in total. The van der Waals surface area contributed by atoms with E-state index in [9.17, 15) is 0 Å². The molecule has 3 aromatic heterocycles. The highest BCUT2D eigenvalue weighted by Gasteiger charge is 2.23. The molecule has 0 atom stereocenters. The molecule has 1 aliphatic rings. The highest BCUT2D eigenvalue weighted by Crippen LogP contribution is 2.26. The van der Waals surface area contributed by atoms with E-state index in [2.05, 4.69) is 25.3 Å². The van der Waals surface area contributed by atoms with Crippen LogP contribution >= 0.6 is 0 Å². The molecule has 0 fully saturated rings. The first-order chi connectivity index (χ1) is 10.8. The molecule has 0 amide bonds. The molecule has 0 saturated carbocycles. The van der Waals surface area contributed by atoms with Crippen molar-refractivity contribution in [3.05, 3.63) is 47.5 Å². The fraction of sp³-hybridized carbons (Fsp3) is 0.333. The molecule has 0 saturated heterocycles. The van der Waals surface area contributed by atoms with Crippen molar-refractivity contribution in [2.24, 2.45) is 7.05 Å². The SMILES string of the molecule is Cn1cc(-c2nn(Cc3ccncc3)c3c2CNCC3)nn1. The Labute approximate surface area is 128 Å². The van der Waals surface area contributed by atoms with Crippen LogP contribution in [0.1, 0.15) is 16.8 Å². The second kappa shape index (κ2) is 5.34. The highest BCUT2D eigenvalue weighted by atomic mass is 15.4. The Kier molecular flexibility index (Phi) is 3.19. The van der Waals surface area contributed by atoms with Crippen molar-refractivity contribution in [2.45, 2.75) is 19.5 Å². The number of hydrogen-bond donors (Lipinski definition) is 1. The average Bonchev–Trinajstić information content (AvgIpc) is 3.13. The lowest BCUT2D eigenvalue weighted by Gasteiger charge is -2.15. The molecule has 0 radical (unpaired) electrons. The Morgan fingerprint density at radius 1 is 1.27 bits per heavy atom. The first-order valence-corrected chi connectivity index (χ1v) is 7.36. The normalized spacial score (nSPS) is 14.0. The van der Waals surface area contributed by atoms with E-state index in [1.807, 2.05) is 37.8 Å². The summed E-state index contributed by atoms with van der Waals surface area (Å²) in [4.78, 5) is 4.07. The summed E-state index contributed by atoms with van der Waals surface area (Å²) in [5.74, 6) is 0. The maximum atomic E-state index is 4.81. The van der Waals surface area contributed by atoms with Crippen molar-refractivity contribution >= 4 is 0 Å². The zero-order valence-corrected chi connectivity index (χ0v) is 12.4. The van der Waals surface area contributed by atoms with Crippen molar-refractivity contribution in [1.82, 2.24) is 35.1 Å². The number of fused-ring (bicyclic) bond motifs is 1. The zero-order valence-electron chi connectivity index (χ0n) is 12.4. The van der Waals surface area contributed by atoms with Crippen molar-refractivity contribution in [2.75, 3.05) is 6.54 Å². The molecule has 0 spiro atoms. The Balaban J connectivity index is 1.77. The molecule has 0 aliphatic carbocycles. The predicted molar refractivity (Wildman–Crippen MR) is 81.0 cm³/mol. The van der Waals surface area contributed by atoms with Crippen molar-refractivity contribution in [1.29, 1.82) is 0 Å². The molecule has 0 unspecified atom stereocenters. The van der Waals surface area contributed by atoms with Gasteiger partial charge >= 0.3 is 0 Å². The third-order valence-corrected chi connectivity index (χ3v) is 3.93. The Morgan fingerprint density at radius 2 is 2.14 bits per heavy atom. The number of aryl methyl sites for hydroxylation is 1.